The van der Waals surface area contributed by atoms with Crippen LogP contribution in [0, 0.1) is 12.8 Å². The van der Waals surface area contributed by atoms with E-state index in [9.17, 15) is 14.4 Å². The molecule has 0 radical (unpaired) electrons. The second-order valence-electron chi connectivity index (χ2n) is 7.09. The molecule has 6 nitrogen and oxygen atoms in total. The summed E-state index contributed by atoms with van der Waals surface area (Å²) < 4.78 is 0. The summed E-state index contributed by atoms with van der Waals surface area (Å²) in [6.45, 7) is 3.69. The van der Waals surface area contributed by atoms with Gasteiger partial charge in [0.05, 0.1) is 0 Å². The van der Waals surface area contributed by atoms with Gasteiger partial charge in [-0.25, -0.2) is 4.79 Å². The molecule has 134 valence electrons. The molecule has 1 aromatic carbocycles. The van der Waals surface area contributed by atoms with E-state index in [0.717, 1.165) is 23.3 Å². The van der Waals surface area contributed by atoms with Crippen LogP contribution < -0.4 is 10.6 Å². The fraction of sp³-hybridized carbons (Fsp3) is 0.500. The molecule has 1 aromatic rings. The maximum atomic E-state index is 12.7. The first kappa shape index (κ1) is 17.7. The predicted octanol–water partition coefficient (Wildman–Crippen LogP) is 3.09. The lowest BCUT2D eigenvalue weighted by molar-refractivity contribution is -0.135. The van der Waals surface area contributed by atoms with Crippen molar-refractivity contribution < 1.29 is 14.4 Å². The van der Waals surface area contributed by atoms with Crippen LogP contribution >= 0.6 is 11.6 Å². The molecule has 1 saturated carbocycles. The Morgan fingerprint density at radius 2 is 2.04 bits per heavy atom. The summed E-state index contributed by atoms with van der Waals surface area (Å²) in [6.07, 6.45) is 3.05. The first-order valence-electron chi connectivity index (χ1n) is 8.51. The number of hydrogen-bond acceptors (Lipinski definition) is 3. The van der Waals surface area contributed by atoms with E-state index in [1.807, 2.05) is 6.92 Å². The van der Waals surface area contributed by atoms with Crippen molar-refractivity contribution in [2.45, 2.75) is 45.1 Å². The minimum Gasteiger partial charge on any atom is -0.324 e. The van der Waals surface area contributed by atoms with Crippen LogP contribution in [0.3, 0.4) is 0 Å². The number of aryl methyl sites for hydroxylation is 1. The molecule has 0 aromatic heterocycles. The molecule has 1 saturated heterocycles. The summed E-state index contributed by atoms with van der Waals surface area (Å²) in [6, 6.07) is 4.68. The topological polar surface area (TPSA) is 78.5 Å². The Morgan fingerprint density at radius 3 is 2.72 bits per heavy atom. The Balaban J connectivity index is 1.68. The fourth-order valence-corrected chi connectivity index (χ4v) is 3.65. The van der Waals surface area contributed by atoms with Gasteiger partial charge in [0.15, 0.2) is 0 Å². The van der Waals surface area contributed by atoms with Crippen LogP contribution in [-0.2, 0) is 9.59 Å². The van der Waals surface area contributed by atoms with E-state index in [1.165, 1.54) is 0 Å². The van der Waals surface area contributed by atoms with Crippen LogP contribution in [0.1, 0.15) is 38.2 Å². The first-order valence-corrected chi connectivity index (χ1v) is 8.89. The Labute approximate surface area is 151 Å². The van der Waals surface area contributed by atoms with Gasteiger partial charge in [0.2, 0.25) is 5.91 Å². The Morgan fingerprint density at radius 1 is 1.36 bits per heavy atom. The SMILES string of the molecule is Cc1ccc(Cl)cc1NC(=O)CN1C(=O)NC2(CCC(C)CC2)C1=O. The highest BCUT2D eigenvalue weighted by atomic mass is 35.5. The molecule has 1 aliphatic carbocycles. The van der Waals surface area contributed by atoms with Crippen molar-refractivity contribution in [2.24, 2.45) is 5.92 Å². The highest BCUT2D eigenvalue weighted by molar-refractivity contribution is 6.31. The molecular formula is C18H22ClN3O3. The molecule has 1 heterocycles. The summed E-state index contributed by atoms with van der Waals surface area (Å²) in [7, 11) is 0. The molecule has 4 amide bonds. The van der Waals surface area contributed by atoms with Crippen molar-refractivity contribution in [3.63, 3.8) is 0 Å². The molecule has 2 N–H and O–H groups in total. The second-order valence-corrected chi connectivity index (χ2v) is 7.53. The van der Waals surface area contributed by atoms with Gasteiger partial charge in [0.25, 0.3) is 5.91 Å². The van der Waals surface area contributed by atoms with Crippen LogP contribution in [0.25, 0.3) is 0 Å². The lowest BCUT2D eigenvalue weighted by Crippen LogP contribution is -2.49. The van der Waals surface area contributed by atoms with E-state index in [2.05, 4.69) is 17.6 Å². The number of halogens is 1. The van der Waals surface area contributed by atoms with Crippen molar-refractivity contribution in [3.05, 3.63) is 28.8 Å². The average Bonchev–Trinajstić information content (AvgIpc) is 2.78. The number of rotatable bonds is 3. The predicted molar refractivity (Wildman–Crippen MR) is 95.4 cm³/mol. The van der Waals surface area contributed by atoms with Gasteiger partial charge in [-0.15, -0.1) is 0 Å². The number of hydrogen-bond donors (Lipinski definition) is 2. The zero-order valence-electron chi connectivity index (χ0n) is 14.4. The number of carbonyl (C=O) groups excluding carboxylic acids is 3. The lowest BCUT2D eigenvalue weighted by Gasteiger charge is -2.33. The number of carbonyl (C=O) groups is 3. The maximum absolute atomic E-state index is 12.7. The van der Waals surface area contributed by atoms with Crippen LogP contribution in [-0.4, -0.2) is 34.8 Å². The average molecular weight is 364 g/mol. The fourth-order valence-electron chi connectivity index (χ4n) is 3.48. The smallest absolute Gasteiger partial charge is 0.324 e. The van der Waals surface area contributed by atoms with Crippen LogP contribution in [0.2, 0.25) is 5.02 Å². The lowest BCUT2D eigenvalue weighted by atomic mass is 9.77. The highest BCUT2D eigenvalue weighted by Gasteiger charge is 2.52. The van der Waals surface area contributed by atoms with Gasteiger partial charge < -0.3 is 10.6 Å². The number of imide groups is 1. The summed E-state index contributed by atoms with van der Waals surface area (Å²) >= 11 is 5.95. The van der Waals surface area contributed by atoms with Gasteiger partial charge >= 0.3 is 6.03 Å². The largest absolute Gasteiger partial charge is 0.325 e. The number of benzene rings is 1. The minimum absolute atomic E-state index is 0.289. The number of urea groups is 1. The molecule has 1 spiro atoms. The Kier molecular flexibility index (Phi) is 4.73. The van der Waals surface area contributed by atoms with Crippen LogP contribution in [0.15, 0.2) is 18.2 Å². The van der Waals surface area contributed by atoms with Gasteiger partial charge in [0, 0.05) is 10.7 Å². The van der Waals surface area contributed by atoms with E-state index >= 15 is 0 Å². The molecular weight excluding hydrogens is 342 g/mol. The van der Waals surface area contributed by atoms with Crippen LogP contribution in [0.5, 0.6) is 0 Å². The molecule has 3 rings (SSSR count). The van der Waals surface area contributed by atoms with Crippen molar-refractivity contribution in [1.82, 2.24) is 10.2 Å². The van der Waals surface area contributed by atoms with E-state index in [-0.39, 0.29) is 12.5 Å². The van der Waals surface area contributed by atoms with Crippen molar-refractivity contribution in [3.8, 4) is 0 Å². The maximum Gasteiger partial charge on any atom is 0.325 e. The summed E-state index contributed by atoms with van der Waals surface area (Å²) in [5, 5.41) is 6.04. The molecule has 2 fully saturated rings. The quantitative estimate of drug-likeness (QED) is 0.810. The van der Waals surface area contributed by atoms with Gasteiger partial charge in [-0.2, -0.15) is 0 Å². The first-order chi connectivity index (χ1) is 11.8. The molecule has 0 atom stereocenters. The normalized spacial score (nSPS) is 26.0. The monoisotopic (exact) mass is 363 g/mol. The third kappa shape index (κ3) is 3.49. The van der Waals surface area contributed by atoms with Crippen LogP contribution in [0.4, 0.5) is 10.5 Å². The summed E-state index contributed by atoms with van der Waals surface area (Å²) in [4.78, 5) is 38.3. The van der Waals surface area contributed by atoms with Crippen molar-refractivity contribution >= 4 is 35.1 Å². The molecule has 2 aliphatic rings. The standard InChI is InChI=1S/C18H22ClN3O3/c1-11-5-7-18(8-6-11)16(24)22(17(25)21-18)10-15(23)20-14-9-13(19)4-3-12(14)2/h3-4,9,11H,5-8,10H2,1-2H3,(H,20,23)(H,21,25). The van der Waals surface area contributed by atoms with Gasteiger partial charge in [0.1, 0.15) is 12.1 Å². The van der Waals surface area contributed by atoms with Crippen molar-refractivity contribution in [1.29, 1.82) is 0 Å². The van der Waals surface area contributed by atoms with Gasteiger partial charge in [-0.05, 0) is 56.2 Å². The van der Waals surface area contributed by atoms with E-state index in [0.29, 0.717) is 29.5 Å². The number of anilines is 1. The zero-order valence-corrected chi connectivity index (χ0v) is 15.2. The number of nitrogens with one attached hydrogen (secondary N) is 2. The van der Waals surface area contributed by atoms with Crippen molar-refractivity contribution in [2.75, 3.05) is 11.9 Å². The number of amides is 4. The third-order valence-electron chi connectivity index (χ3n) is 5.15. The Hall–Kier alpha value is -2.08. The third-order valence-corrected chi connectivity index (χ3v) is 5.38. The zero-order chi connectivity index (χ0) is 18.2. The minimum atomic E-state index is -0.824. The molecule has 7 heteroatoms. The second kappa shape index (κ2) is 6.67. The molecule has 0 bridgehead atoms. The Bertz CT molecular complexity index is 726. The summed E-state index contributed by atoms with van der Waals surface area (Å²) in [5.41, 5.74) is 0.606. The molecule has 25 heavy (non-hydrogen) atoms. The van der Waals surface area contributed by atoms with Gasteiger partial charge in [-0.1, -0.05) is 24.6 Å². The van der Waals surface area contributed by atoms with Gasteiger partial charge in [-0.3, -0.25) is 14.5 Å². The molecule has 1 aliphatic heterocycles. The van der Waals surface area contributed by atoms with E-state index in [1.54, 1.807) is 18.2 Å². The van der Waals surface area contributed by atoms with E-state index in [4.69, 9.17) is 11.6 Å². The molecule has 0 unspecified atom stereocenters. The highest BCUT2D eigenvalue weighted by Crippen LogP contribution is 2.36. The van der Waals surface area contributed by atoms with E-state index < -0.39 is 17.5 Å². The number of nitrogens with zero attached hydrogens (tertiary/aromatic N) is 1. The summed E-state index contributed by atoms with van der Waals surface area (Å²) in [5.74, 6) is -0.157.